The van der Waals surface area contributed by atoms with Crippen molar-refractivity contribution in [2.45, 2.75) is 44.2 Å². The molecule has 0 saturated carbocycles. The molecule has 0 aromatic heterocycles. The first kappa shape index (κ1) is 34.1. The minimum atomic E-state index is -4.24. The van der Waals surface area contributed by atoms with Crippen molar-refractivity contribution in [3.63, 3.8) is 0 Å². The molecule has 0 fully saturated rings. The maximum absolute atomic E-state index is 14.6. The van der Waals surface area contributed by atoms with Crippen LogP contribution in [0.15, 0.2) is 114 Å². The first-order valence-electron chi connectivity index (χ1n) is 15.3. The Hall–Kier alpha value is -4.83. The van der Waals surface area contributed by atoms with E-state index in [-0.39, 0.29) is 29.5 Å². The van der Waals surface area contributed by atoms with Gasteiger partial charge in [0.05, 0.1) is 24.3 Å². The second-order valence-electron chi connectivity index (χ2n) is 10.6. The number of ether oxygens (including phenoxy) is 2. The number of carbonyl (C=O) groups is 2. The van der Waals surface area contributed by atoms with Crippen LogP contribution < -0.4 is 19.1 Å². The Morgan fingerprint density at radius 2 is 1.48 bits per heavy atom. The average molecular weight is 644 g/mol. The number of amides is 2. The highest BCUT2D eigenvalue weighted by molar-refractivity contribution is 7.92. The molecule has 0 spiro atoms. The summed E-state index contributed by atoms with van der Waals surface area (Å²) in [6.07, 6.45) is 0.942. The Balaban J connectivity index is 1.83. The first-order valence-corrected chi connectivity index (χ1v) is 16.8. The molecule has 0 radical (unpaired) electrons. The summed E-state index contributed by atoms with van der Waals surface area (Å²) < 4.78 is 40.8. The summed E-state index contributed by atoms with van der Waals surface area (Å²) in [5.41, 5.74) is 1.80. The van der Waals surface area contributed by atoms with E-state index in [4.69, 9.17) is 9.47 Å². The molecule has 1 N–H and O–H groups in total. The zero-order valence-electron chi connectivity index (χ0n) is 26.5. The third kappa shape index (κ3) is 8.66. The molecule has 0 bridgehead atoms. The Labute approximate surface area is 271 Å². The van der Waals surface area contributed by atoms with E-state index in [2.05, 4.69) is 5.32 Å². The maximum atomic E-state index is 14.6. The lowest BCUT2D eigenvalue weighted by molar-refractivity contribution is -0.140. The Kier molecular flexibility index (Phi) is 12.2. The molecule has 10 heteroatoms. The van der Waals surface area contributed by atoms with Crippen molar-refractivity contribution in [3.05, 3.63) is 120 Å². The van der Waals surface area contributed by atoms with Gasteiger partial charge in [0.1, 0.15) is 24.1 Å². The molecule has 242 valence electrons. The minimum absolute atomic E-state index is 0.0231. The minimum Gasteiger partial charge on any atom is -0.497 e. The summed E-state index contributed by atoms with van der Waals surface area (Å²) in [6, 6.07) is 30.4. The van der Waals surface area contributed by atoms with Crippen molar-refractivity contribution in [2.75, 3.05) is 31.1 Å². The zero-order valence-corrected chi connectivity index (χ0v) is 27.3. The molecule has 1 atom stereocenters. The quantitative estimate of drug-likeness (QED) is 0.174. The van der Waals surface area contributed by atoms with E-state index in [0.717, 1.165) is 15.4 Å². The second kappa shape index (κ2) is 16.5. The number of nitrogens with zero attached hydrogens (tertiary/aromatic N) is 2. The fraction of sp³-hybridized carbons (Fsp3) is 0.278. The molecular weight excluding hydrogens is 602 g/mol. The van der Waals surface area contributed by atoms with E-state index >= 15 is 0 Å². The third-order valence-corrected chi connectivity index (χ3v) is 9.13. The van der Waals surface area contributed by atoms with Crippen molar-refractivity contribution in [1.29, 1.82) is 0 Å². The molecule has 4 aromatic carbocycles. The van der Waals surface area contributed by atoms with Crippen LogP contribution in [-0.2, 0) is 32.6 Å². The summed E-state index contributed by atoms with van der Waals surface area (Å²) in [7, 11) is -2.68. The lowest BCUT2D eigenvalue weighted by Crippen LogP contribution is -2.53. The Morgan fingerprint density at radius 3 is 2.15 bits per heavy atom. The molecule has 9 nitrogen and oxygen atoms in total. The molecule has 0 aliphatic carbocycles. The van der Waals surface area contributed by atoms with E-state index in [1.807, 2.05) is 49.4 Å². The van der Waals surface area contributed by atoms with Gasteiger partial charge in [-0.1, -0.05) is 79.7 Å². The van der Waals surface area contributed by atoms with Crippen molar-refractivity contribution < 1.29 is 27.5 Å². The molecule has 0 aliphatic rings. The number of methoxy groups -OCH3 is 1. The number of nitrogens with one attached hydrogen (secondary N) is 1. The number of sulfonamides is 1. The van der Waals surface area contributed by atoms with Gasteiger partial charge < -0.3 is 19.7 Å². The smallest absolute Gasteiger partial charge is 0.264 e. The highest BCUT2D eigenvalue weighted by atomic mass is 32.2. The van der Waals surface area contributed by atoms with Crippen LogP contribution in [0.25, 0.3) is 0 Å². The number of hydrogen-bond donors (Lipinski definition) is 1. The highest BCUT2D eigenvalue weighted by Gasteiger charge is 2.35. The van der Waals surface area contributed by atoms with Gasteiger partial charge in [-0.2, -0.15) is 0 Å². The van der Waals surface area contributed by atoms with Gasteiger partial charge in [-0.15, -0.1) is 0 Å². The second-order valence-corrected chi connectivity index (χ2v) is 12.5. The van der Waals surface area contributed by atoms with Crippen molar-refractivity contribution in [3.8, 4) is 11.5 Å². The SMILES string of the molecule is CCCNC(=O)C(Cc1ccccc1)N(Cc1cccc(OC)c1)C(=O)CN(c1ccccc1OCC)S(=O)(=O)c1ccccc1. The Morgan fingerprint density at radius 1 is 0.826 bits per heavy atom. The van der Waals surface area contributed by atoms with E-state index in [1.54, 1.807) is 68.6 Å². The normalized spacial score (nSPS) is 11.7. The van der Waals surface area contributed by atoms with Crippen LogP contribution in [0, 0.1) is 0 Å². The van der Waals surface area contributed by atoms with Crippen molar-refractivity contribution in [1.82, 2.24) is 10.2 Å². The van der Waals surface area contributed by atoms with Gasteiger partial charge in [-0.25, -0.2) is 8.42 Å². The fourth-order valence-corrected chi connectivity index (χ4v) is 6.51. The van der Waals surface area contributed by atoms with Gasteiger partial charge in [0, 0.05) is 19.5 Å². The number of hydrogen-bond acceptors (Lipinski definition) is 6. The molecule has 1 unspecified atom stereocenters. The number of carbonyl (C=O) groups excluding carboxylic acids is 2. The first-order chi connectivity index (χ1) is 22.3. The molecule has 0 aliphatic heterocycles. The van der Waals surface area contributed by atoms with E-state index in [0.29, 0.717) is 31.1 Å². The summed E-state index contributed by atoms with van der Waals surface area (Å²) >= 11 is 0. The molecule has 0 heterocycles. The van der Waals surface area contributed by atoms with Gasteiger partial charge >= 0.3 is 0 Å². The molecule has 2 amide bonds. The molecule has 0 saturated heterocycles. The average Bonchev–Trinajstić information content (AvgIpc) is 3.09. The lowest BCUT2D eigenvalue weighted by atomic mass is 10.0. The Bertz CT molecular complexity index is 1680. The van der Waals surface area contributed by atoms with Gasteiger partial charge in [0.2, 0.25) is 11.8 Å². The predicted octanol–water partition coefficient (Wildman–Crippen LogP) is 5.46. The third-order valence-electron chi connectivity index (χ3n) is 7.35. The van der Waals surface area contributed by atoms with Crippen molar-refractivity contribution in [2.24, 2.45) is 0 Å². The molecule has 4 aromatic rings. The standard InChI is InChI=1S/C36H41N3O6S/c1-4-23-37-36(41)33(25-28-15-8-6-9-16-28)38(26-29-17-14-18-30(24-29)44-3)35(40)27-39(32-21-12-13-22-34(32)45-5-2)46(42,43)31-19-10-7-11-20-31/h6-22,24,33H,4-5,23,25-27H2,1-3H3,(H,37,41). The maximum Gasteiger partial charge on any atom is 0.264 e. The van der Waals surface area contributed by atoms with Crippen LogP contribution in [0.4, 0.5) is 5.69 Å². The van der Waals surface area contributed by atoms with Crippen LogP contribution >= 0.6 is 0 Å². The highest BCUT2D eigenvalue weighted by Crippen LogP contribution is 2.33. The van der Waals surface area contributed by atoms with Gasteiger partial charge in [0.15, 0.2) is 0 Å². The van der Waals surface area contributed by atoms with Gasteiger partial charge in [-0.3, -0.25) is 13.9 Å². The van der Waals surface area contributed by atoms with Crippen molar-refractivity contribution >= 4 is 27.5 Å². The van der Waals surface area contributed by atoms with E-state index < -0.39 is 28.5 Å². The summed E-state index contributed by atoms with van der Waals surface area (Å²) in [6.45, 7) is 3.95. The molecule has 46 heavy (non-hydrogen) atoms. The van der Waals surface area contributed by atoms with Crippen LogP contribution in [0.1, 0.15) is 31.4 Å². The van der Waals surface area contributed by atoms with E-state index in [9.17, 15) is 18.0 Å². The zero-order chi connectivity index (χ0) is 32.9. The topological polar surface area (TPSA) is 105 Å². The largest absolute Gasteiger partial charge is 0.497 e. The number of benzene rings is 4. The summed E-state index contributed by atoms with van der Waals surface area (Å²) in [5, 5.41) is 2.95. The monoisotopic (exact) mass is 643 g/mol. The lowest BCUT2D eigenvalue weighted by Gasteiger charge is -2.34. The van der Waals surface area contributed by atoms with Gasteiger partial charge in [0.25, 0.3) is 10.0 Å². The fourth-order valence-electron chi connectivity index (χ4n) is 5.06. The predicted molar refractivity (Wildman–Crippen MR) is 179 cm³/mol. The molecular formula is C36H41N3O6S. The summed E-state index contributed by atoms with van der Waals surface area (Å²) in [5.74, 6) is 0.0346. The number of para-hydroxylation sites is 2. The van der Waals surface area contributed by atoms with Crippen LogP contribution in [-0.4, -0.2) is 58.0 Å². The number of rotatable bonds is 16. The number of anilines is 1. The van der Waals surface area contributed by atoms with Crippen LogP contribution in [0.2, 0.25) is 0 Å². The summed E-state index contributed by atoms with van der Waals surface area (Å²) in [4.78, 5) is 29.9. The van der Waals surface area contributed by atoms with E-state index in [1.165, 1.54) is 17.0 Å². The van der Waals surface area contributed by atoms with Crippen LogP contribution in [0.3, 0.4) is 0 Å². The van der Waals surface area contributed by atoms with Crippen LogP contribution in [0.5, 0.6) is 11.5 Å². The molecule has 4 rings (SSSR count). The van der Waals surface area contributed by atoms with Gasteiger partial charge in [-0.05, 0) is 60.9 Å².